The minimum absolute atomic E-state index is 0.731. The van der Waals surface area contributed by atoms with Crippen LogP contribution in [0.15, 0.2) is 24.3 Å². The molecular formula is C15H22N2S. The van der Waals surface area contributed by atoms with Crippen molar-refractivity contribution in [1.29, 1.82) is 0 Å². The van der Waals surface area contributed by atoms with Crippen LogP contribution in [0.3, 0.4) is 0 Å². The zero-order chi connectivity index (χ0) is 12.4. The normalized spacial score (nSPS) is 28.9. The van der Waals surface area contributed by atoms with Gasteiger partial charge in [0.25, 0.3) is 0 Å². The van der Waals surface area contributed by atoms with Gasteiger partial charge in [-0.3, -0.25) is 4.90 Å². The van der Waals surface area contributed by atoms with E-state index in [1.54, 1.807) is 11.1 Å². The lowest BCUT2D eigenvalue weighted by Gasteiger charge is -2.30. The van der Waals surface area contributed by atoms with Crippen LogP contribution in [0.1, 0.15) is 11.1 Å². The molecule has 1 fully saturated rings. The summed E-state index contributed by atoms with van der Waals surface area (Å²) < 4.78 is 0. The standard InChI is InChI=1S/C15H22N2S/c1-18-15-11-16-10-14(15)17-8-6-12-4-2-3-5-13(12)7-9-17/h2-5,14-16H,6-11H2,1H3. The molecule has 0 bridgehead atoms. The van der Waals surface area contributed by atoms with Gasteiger partial charge >= 0.3 is 0 Å². The molecule has 1 aromatic carbocycles. The number of rotatable bonds is 2. The fourth-order valence-electron chi connectivity index (χ4n) is 3.26. The zero-order valence-corrected chi connectivity index (χ0v) is 11.9. The van der Waals surface area contributed by atoms with E-state index in [0.29, 0.717) is 0 Å². The largest absolute Gasteiger partial charge is 0.314 e. The van der Waals surface area contributed by atoms with Crippen LogP contribution >= 0.6 is 11.8 Å². The van der Waals surface area contributed by atoms with E-state index in [-0.39, 0.29) is 0 Å². The molecule has 2 atom stereocenters. The van der Waals surface area contributed by atoms with Crippen LogP contribution in [0.4, 0.5) is 0 Å². The second kappa shape index (κ2) is 5.64. The van der Waals surface area contributed by atoms with Crippen LogP contribution in [-0.4, -0.2) is 48.6 Å². The molecule has 3 rings (SSSR count). The molecule has 2 unspecified atom stereocenters. The van der Waals surface area contributed by atoms with Crippen LogP contribution in [0.25, 0.3) is 0 Å². The average Bonchev–Trinajstić information content (AvgIpc) is 2.78. The van der Waals surface area contributed by atoms with E-state index in [1.807, 2.05) is 11.8 Å². The summed E-state index contributed by atoms with van der Waals surface area (Å²) in [6.07, 6.45) is 4.68. The summed E-state index contributed by atoms with van der Waals surface area (Å²) in [5.74, 6) is 0. The summed E-state index contributed by atoms with van der Waals surface area (Å²) in [5.41, 5.74) is 3.12. The molecule has 1 aromatic rings. The van der Waals surface area contributed by atoms with Crippen LogP contribution in [0.2, 0.25) is 0 Å². The predicted molar refractivity (Wildman–Crippen MR) is 79.4 cm³/mol. The highest BCUT2D eigenvalue weighted by Crippen LogP contribution is 2.23. The molecule has 0 radical (unpaired) electrons. The van der Waals surface area contributed by atoms with Crippen LogP contribution < -0.4 is 5.32 Å². The molecule has 2 aliphatic rings. The van der Waals surface area contributed by atoms with Crippen molar-refractivity contribution >= 4 is 11.8 Å². The maximum Gasteiger partial charge on any atom is 0.0351 e. The molecule has 2 aliphatic heterocycles. The van der Waals surface area contributed by atoms with Crippen molar-refractivity contribution in [3.05, 3.63) is 35.4 Å². The Morgan fingerprint density at radius 3 is 2.39 bits per heavy atom. The van der Waals surface area contributed by atoms with E-state index < -0.39 is 0 Å². The number of thioether (sulfide) groups is 1. The molecule has 0 aliphatic carbocycles. The summed E-state index contributed by atoms with van der Waals surface area (Å²) >= 11 is 2.02. The maximum atomic E-state index is 3.55. The summed E-state index contributed by atoms with van der Waals surface area (Å²) in [6.45, 7) is 4.79. The highest BCUT2D eigenvalue weighted by Gasteiger charge is 2.31. The van der Waals surface area contributed by atoms with Crippen molar-refractivity contribution in [2.45, 2.75) is 24.1 Å². The lowest BCUT2D eigenvalue weighted by atomic mass is 10.0. The quantitative estimate of drug-likeness (QED) is 0.875. The topological polar surface area (TPSA) is 15.3 Å². The van der Waals surface area contributed by atoms with Gasteiger partial charge in [-0.15, -0.1) is 0 Å². The molecule has 18 heavy (non-hydrogen) atoms. The van der Waals surface area contributed by atoms with Crippen LogP contribution in [-0.2, 0) is 12.8 Å². The van der Waals surface area contributed by atoms with Gasteiger partial charge in [0.1, 0.15) is 0 Å². The molecule has 1 saturated heterocycles. The van der Waals surface area contributed by atoms with Gasteiger partial charge in [-0.1, -0.05) is 24.3 Å². The van der Waals surface area contributed by atoms with Crippen molar-refractivity contribution in [1.82, 2.24) is 10.2 Å². The molecule has 0 amide bonds. The smallest absolute Gasteiger partial charge is 0.0351 e. The number of nitrogens with one attached hydrogen (secondary N) is 1. The Balaban J connectivity index is 1.71. The molecule has 1 N–H and O–H groups in total. The van der Waals surface area contributed by atoms with E-state index in [4.69, 9.17) is 0 Å². The molecule has 2 nitrogen and oxygen atoms in total. The fourth-order valence-corrected chi connectivity index (χ4v) is 4.13. The Labute approximate surface area is 114 Å². The molecule has 0 spiro atoms. The lowest BCUT2D eigenvalue weighted by Crippen LogP contribution is -2.43. The summed E-state index contributed by atoms with van der Waals surface area (Å²) in [4.78, 5) is 2.71. The third-order valence-corrected chi connectivity index (χ3v) is 5.44. The van der Waals surface area contributed by atoms with E-state index in [2.05, 4.69) is 40.7 Å². The number of fused-ring (bicyclic) bond motifs is 1. The number of benzene rings is 1. The third-order valence-electron chi connectivity index (χ3n) is 4.36. The molecule has 0 saturated carbocycles. The van der Waals surface area contributed by atoms with Crippen LogP contribution in [0, 0.1) is 0 Å². The van der Waals surface area contributed by atoms with Crippen molar-refractivity contribution in [3.63, 3.8) is 0 Å². The summed E-state index contributed by atoms with van der Waals surface area (Å²) in [6, 6.07) is 9.69. The first-order valence-electron chi connectivity index (χ1n) is 6.93. The van der Waals surface area contributed by atoms with E-state index >= 15 is 0 Å². The fraction of sp³-hybridized carbons (Fsp3) is 0.600. The molecule has 3 heteroatoms. The van der Waals surface area contributed by atoms with E-state index in [1.165, 1.54) is 39.0 Å². The van der Waals surface area contributed by atoms with Crippen molar-refractivity contribution in [2.24, 2.45) is 0 Å². The first-order valence-corrected chi connectivity index (χ1v) is 8.21. The predicted octanol–water partition coefficient (Wildman–Crippen LogP) is 1.79. The van der Waals surface area contributed by atoms with Crippen molar-refractivity contribution in [2.75, 3.05) is 32.4 Å². The van der Waals surface area contributed by atoms with Gasteiger partial charge in [0.2, 0.25) is 0 Å². The number of hydrogen-bond donors (Lipinski definition) is 1. The van der Waals surface area contributed by atoms with Crippen molar-refractivity contribution < 1.29 is 0 Å². The molecule has 98 valence electrons. The average molecular weight is 262 g/mol. The first kappa shape index (κ1) is 12.5. The Morgan fingerprint density at radius 2 is 1.78 bits per heavy atom. The van der Waals surface area contributed by atoms with Gasteiger partial charge in [-0.2, -0.15) is 11.8 Å². The summed E-state index contributed by atoms with van der Waals surface area (Å²) in [7, 11) is 0. The number of hydrogen-bond acceptors (Lipinski definition) is 3. The van der Waals surface area contributed by atoms with E-state index in [9.17, 15) is 0 Å². The molecule has 2 heterocycles. The monoisotopic (exact) mass is 262 g/mol. The van der Waals surface area contributed by atoms with Crippen LogP contribution in [0.5, 0.6) is 0 Å². The second-order valence-electron chi connectivity index (χ2n) is 5.30. The third kappa shape index (κ3) is 2.44. The maximum absolute atomic E-state index is 3.55. The van der Waals surface area contributed by atoms with Gasteiger partial charge in [0.15, 0.2) is 0 Å². The highest BCUT2D eigenvalue weighted by atomic mass is 32.2. The minimum Gasteiger partial charge on any atom is -0.314 e. The van der Waals surface area contributed by atoms with Gasteiger partial charge in [-0.25, -0.2) is 0 Å². The second-order valence-corrected chi connectivity index (χ2v) is 6.38. The Kier molecular flexibility index (Phi) is 3.92. The highest BCUT2D eigenvalue weighted by molar-refractivity contribution is 7.99. The Hall–Kier alpha value is -0.510. The van der Waals surface area contributed by atoms with Gasteiger partial charge < -0.3 is 5.32 Å². The van der Waals surface area contributed by atoms with Crippen molar-refractivity contribution in [3.8, 4) is 0 Å². The van der Waals surface area contributed by atoms with Gasteiger partial charge in [-0.05, 0) is 30.2 Å². The first-order chi connectivity index (χ1) is 8.88. The molecule has 0 aromatic heterocycles. The Morgan fingerprint density at radius 1 is 1.11 bits per heavy atom. The SMILES string of the molecule is CSC1CNCC1N1CCc2ccccc2CC1. The Bertz CT molecular complexity index is 380. The number of nitrogens with zero attached hydrogens (tertiary/aromatic N) is 1. The minimum atomic E-state index is 0.731. The van der Waals surface area contributed by atoms with Gasteiger partial charge in [0.05, 0.1) is 0 Å². The zero-order valence-electron chi connectivity index (χ0n) is 11.1. The lowest BCUT2D eigenvalue weighted by molar-refractivity contribution is 0.222. The molecular weight excluding hydrogens is 240 g/mol. The van der Waals surface area contributed by atoms with Gasteiger partial charge in [0, 0.05) is 37.5 Å². The van der Waals surface area contributed by atoms with E-state index in [0.717, 1.165) is 11.3 Å². The summed E-state index contributed by atoms with van der Waals surface area (Å²) in [5, 5.41) is 4.32.